The van der Waals surface area contributed by atoms with Gasteiger partial charge >= 0.3 is 0 Å². The van der Waals surface area contributed by atoms with Crippen molar-refractivity contribution in [2.24, 2.45) is 11.3 Å². The maximum Gasteiger partial charge on any atom is 0.151 e. The smallest absolute Gasteiger partial charge is 0.151 e. The lowest BCUT2D eigenvalue weighted by atomic mass is 9.91. The second-order valence-electron chi connectivity index (χ2n) is 9.04. The summed E-state index contributed by atoms with van der Waals surface area (Å²) >= 11 is 6.56. The molecule has 4 rings (SSSR count). The molecule has 3 aliphatic heterocycles. The summed E-state index contributed by atoms with van der Waals surface area (Å²) < 4.78 is 29.0. The maximum atomic E-state index is 11.6. The summed E-state index contributed by atoms with van der Waals surface area (Å²) in [6.45, 7) is 6.09. The Bertz CT molecular complexity index is 777. The third kappa shape index (κ3) is 4.52. The molecule has 6 heteroatoms. The number of hydrogen-bond acceptors (Lipinski definition) is 4. The molecule has 3 aliphatic rings. The molecule has 0 radical (unpaired) electrons. The number of ether oxygens (including phenoxy) is 1. The number of rotatable bonds is 5. The van der Waals surface area contributed by atoms with E-state index in [2.05, 4.69) is 30.0 Å². The predicted molar refractivity (Wildman–Crippen MR) is 109 cm³/mol. The van der Waals surface area contributed by atoms with Crippen LogP contribution >= 0.6 is 11.6 Å². The summed E-state index contributed by atoms with van der Waals surface area (Å²) in [6.07, 6.45) is 5.58. The van der Waals surface area contributed by atoms with Gasteiger partial charge < -0.3 is 9.64 Å². The lowest BCUT2D eigenvalue weighted by molar-refractivity contribution is 0.0150. The minimum absolute atomic E-state index is 0.0590. The van der Waals surface area contributed by atoms with Crippen molar-refractivity contribution >= 4 is 21.4 Å². The van der Waals surface area contributed by atoms with E-state index in [1.54, 1.807) is 0 Å². The van der Waals surface area contributed by atoms with E-state index in [4.69, 9.17) is 16.3 Å². The molecule has 27 heavy (non-hydrogen) atoms. The first kappa shape index (κ1) is 19.7. The highest BCUT2D eigenvalue weighted by atomic mass is 35.5. The molecule has 3 saturated heterocycles. The largest absolute Gasteiger partial charge is 0.373 e. The van der Waals surface area contributed by atoms with Crippen molar-refractivity contribution < 1.29 is 13.2 Å². The number of hydrogen-bond donors (Lipinski definition) is 0. The van der Waals surface area contributed by atoms with Crippen LogP contribution in [0.5, 0.6) is 0 Å². The molecule has 4 nitrogen and oxygen atoms in total. The number of benzene rings is 1. The normalized spacial score (nSPS) is 28.1. The molecule has 0 aromatic heterocycles. The summed E-state index contributed by atoms with van der Waals surface area (Å²) in [5.41, 5.74) is 2.45. The summed E-state index contributed by atoms with van der Waals surface area (Å²) in [5.74, 6) is 1.31. The predicted octanol–water partition coefficient (Wildman–Crippen LogP) is 3.88. The topological polar surface area (TPSA) is 46.6 Å². The Labute approximate surface area is 168 Å². The van der Waals surface area contributed by atoms with E-state index in [-0.39, 0.29) is 11.5 Å². The van der Waals surface area contributed by atoms with Crippen LogP contribution in [0.4, 0.5) is 0 Å². The molecule has 0 aliphatic carbocycles. The van der Waals surface area contributed by atoms with Gasteiger partial charge in [-0.1, -0.05) is 30.7 Å². The molecule has 0 N–H and O–H groups in total. The van der Waals surface area contributed by atoms with Crippen molar-refractivity contribution in [3.8, 4) is 0 Å². The molecule has 1 spiro atoms. The second-order valence-corrected chi connectivity index (χ2v) is 11.5. The van der Waals surface area contributed by atoms with E-state index in [0.29, 0.717) is 17.4 Å². The van der Waals surface area contributed by atoms with E-state index >= 15 is 0 Å². The van der Waals surface area contributed by atoms with Gasteiger partial charge in [-0.05, 0) is 61.8 Å². The Morgan fingerprint density at radius 2 is 2.15 bits per heavy atom. The summed E-state index contributed by atoms with van der Waals surface area (Å²) in [5, 5.41) is 0.825. The molecule has 150 valence electrons. The van der Waals surface area contributed by atoms with Gasteiger partial charge in [0.2, 0.25) is 0 Å². The molecular weight excluding hydrogens is 382 g/mol. The van der Waals surface area contributed by atoms with Crippen molar-refractivity contribution in [1.29, 1.82) is 0 Å². The average molecular weight is 412 g/mol. The highest BCUT2D eigenvalue weighted by Crippen LogP contribution is 2.41. The van der Waals surface area contributed by atoms with Crippen LogP contribution in [-0.4, -0.2) is 51.1 Å². The van der Waals surface area contributed by atoms with Gasteiger partial charge in [0, 0.05) is 30.1 Å². The zero-order valence-corrected chi connectivity index (χ0v) is 17.7. The van der Waals surface area contributed by atoms with Crippen molar-refractivity contribution in [3.63, 3.8) is 0 Å². The van der Waals surface area contributed by atoms with E-state index in [9.17, 15) is 8.42 Å². The molecule has 0 saturated carbocycles. The van der Waals surface area contributed by atoms with E-state index in [0.717, 1.165) is 62.5 Å². The first-order chi connectivity index (χ1) is 12.8. The van der Waals surface area contributed by atoms with Crippen molar-refractivity contribution in [1.82, 2.24) is 4.90 Å². The Balaban J connectivity index is 1.31. The molecule has 2 atom stereocenters. The standard InChI is InChI=1S/C21H30ClNO3S/c1-16(12-23-8-7-21(13-23)14-27(24,25)15-21)10-17-5-6-18(19(22)11-17)20-4-2-3-9-26-20/h5-6,11,16,20H,2-4,7-10,12-15H2,1H3/t16-,20+/m0/s1. The SMILES string of the molecule is C[C@@H](Cc1ccc([C@H]2CCCCO2)c(Cl)c1)CN1CCC2(C1)CS(=O)(=O)C2. The van der Waals surface area contributed by atoms with E-state index < -0.39 is 9.84 Å². The summed E-state index contributed by atoms with van der Waals surface area (Å²) in [4.78, 5) is 2.45. The third-order valence-electron chi connectivity index (χ3n) is 6.32. The van der Waals surface area contributed by atoms with Crippen LogP contribution in [0.15, 0.2) is 18.2 Å². The first-order valence-corrected chi connectivity index (χ1v) is 12.4. The number of nitrogens with zero attached hydrogens (tertiary/aromatic N) is 1. The van der Waals surface area contributed by atoms with Crippen molar-refractivity contribution in [3.05, 3.63) is 34.3 Å². The van der Waals surface area contributed by atoms with Crippen LogP contribution in [0.3, 0.4) is 0 Å². The Kier molecular flexibility index (Phi) is 5.58. The van der Waals surface area contributed by atoms with Crippen LogP contribution < -0.4 is 0 Å². The minimum atomic E-state index is -2.74. The van der Waals surface area contributed by atoms with Gasteiger partial charge in [0.05, 0.1) is 17.6 Å². The first-order valence-electron chi connectivity index (χ1n) is 10.2. The number of halogens is 1. The van der Waals surface area contributed by atoms with Crippen LogP contribution in [-0.2, 0) is 21.0 Å². The highest BCUT2D eigenvalue weighted by Gasteiger charge is 2.51. The summed E-state index contributed by atoms with van der Waals surface area (Å²) in [6, 6.07) is 6.44. The fourth-order valence-corrected chi connectivity index (χ4v) is 7.74. The zero-order valence-electron chi connectivity index (χ0n) is 16.1. The third-order valence-corrected chi connectivity index (χ3v) is 8.75. The molecule has 3 heterocycles. The zero-order chi connectivity index (χ0) is 19.1. The van der Waals surface area contributed by atoms with Crippen LogP contribution in [0.25, 0.3) is 0 Å². The van der Waals surface area contributed by atoms with Gasteiger partial charge in [0.25, 0.3) is 0 Å². The van der Waals surface area contributed by atoms with Crippen LogP contribution in [0.2, 0.25) is 5.02 Å². The maximum absolute atomic E-state index is 11.6. The molecule has 0 unspecified atom stereocenters. The van der Waals surface area contributed by atoms with Gasteiger partial charge in [0.15, 0.2) is 9.84 Å². The molecule has 3 fully saturated rings. The Morgan fingerprint density at radius 3 is 2.81 bits per heavy atom. The monoisotopic (exact) mass is 411 g/mol. The van der Waals surface area contributed by atoms with Crippen LogP contribution in [0.1, 0.15) is 49.8 Å². The number of likely N-dealkylation sites (tertiary alicyclic amines) is 1. The van der Waals surface area contributed by atoms with Gasteiger partial charge in [-0.3, -0.25) is 0 Å². The van der Waals surface area contributed by atoms with Gasteiger partial charge in [-0.2, -0.15) is 0 Å². The highest BCUT2D eigenvalue weighted by molar-refractivity contribution is 7.92. The van der Waals surface area contributed by atoms with Crippen molar-refractivity contribution in [2.45, 2.75) is 45.1 Å². The fourth-order valence-electron chi connectivity index (χ4n) is 5.16. The minimum Gasteiger partial charge on any atom is -0.373 e. The average Bonchev–Trinajstić information content (AvgIpc) is 2.97. The number of sulfone groups is 1. The Hall–Kier alpha value is -0.620. The fraction of sp³-hybridized carbons (Fsp3) is 0.714. The molecule has 0 amide bonds. The second kappa shape index (κ2) is 7.66. The van der Waals surface area contributed by atoms with Crippen molar-refractivity contribution in [2.75, 3.05) is 37.7 Å². The van der Waals surface area contributed by atoms with E-state index in [1.165, 1.54) is 12.0 Å². The van der Waals surface area contributed by atoms with E-state index in [1.807, 2.05) is 0 Å². The molecule has 0 bridgehead atoms. The molecular formula is C21H30ClNO3S. The quantitative estimate of drug-likeness (QED) is 0.737. The lowest BCUT2D eigenvalue weighted by Crippen LogP contribution is -2.50. The van der Waals surface area contributed by atoms with Gasteiger partial charge in [0.1, 0.15) is 0 Å². The van der Waals surface area contributed by atoms with Gasteiger partial charge in [-0.25, -0.2) is 8.42 Å². The Morgan fingerprint density at radius 1 is 1.33 bits per heavy atom. The van der Waals surface area contributed by atoms with Crippen LogP contribution in [0, 0.1) is 11.3 Å². The molecule has 1 aromatic carbocycles. The lowest BCUT2D eigenvalue weighted by Gasteiger charge is -2.37. The molecule has 1 aromatic rings. The summed E-state index contributed by atoms with van der Waals surface area (Å²) in [7, 11) is -2.74. The van der Waals surface area contributed by atoms with Gasteiger partial charge in [-0.15, -0.1) is 0 Å².